The van der Waals surface area contributed by atoms with Gasteiger partial charge < -0.3 is 5.32 Å². The van der Waals surface area contributed by atoms with Crippen molar-refractivity contribution in [2.45, 2.75) is 19.9 Å². The van der Waals surface area contributed by atoms with E-state index in [1.807, 2.05) is 68.4 Å². The fourth-order valence-corrected chi connectivity index (χ4v) is 2.73. The molecule has 0 fully saturated rings. The van der Waals surface area contributed by atoms with E-state index in [1.54, 1.807) is 0 Å². The summed E-state index contributed by atoms with van der Waals surface area (Å²) in [7, 11) is 0. The van der Waals surface area contributed by atoms with Crippen LogP contribution in [0.15, 0.2) is 54.6 Å². The van der Waals surface area contributed by atoms with Crippen molar-refractivity contribution < 1.29 is 4.79 Å². The molecule has 0 bridgehead atoms. The molecule has 1 unspecified atom stereocenters. The van der Waals surface area contributed by atoms with Gasteiger partial charge in [-0.2, -0.15) is 0 Å². The summed E-state index contributed by atoms with van der Waals surface area (Å²) in [5.41, 5.74) is 3.32. The van der Waals surface area contributed by atoms with Gasteiger partial charge in [-0.15, -0.1) is 0 Å². The fourth-order valence-electron chi connectivity index (χ4n) is 2.60. The lowest BCUT2D eigenvalue weighted by Crippen LogP contribution is -2.27. The Kier molecular flexibility index (Phi) is 4.30. The molecule has 3 aromatic rings. The molecule has 0 radical (unpaired) electrons. The molecular weight excluding hydrogens is 308 g/mol. The van der Waals surface area contributed by atoms with Gasteiger partial charge in [0.1, 0.15) is 0 Å². The Balaban J connectivity index is 1.90. The topological polar surface area (TPSA) is 42.0 Å². The number of nitrogens with zero attached hydrogens (tertiary/aromatic N) is 1. The maximum Gasteiger partial charge on any atom is 0.252 e. The van der Waals surface area contributed by atoms with E-state index < -0.39 is 0 Å². The lowest BCUT2D eigenvalue weighted by Gasteiger charge is -2.15. The van der Waals surface area contributed by atoms with Crippen molar-refractivity contribution in [1.29, 1.82) is 0 Å². The number of benzene rings is 2. The Labute approximate surface area is 140 Å². The van der Waals surface area contributed by atoms with Crippen LogP contribution in [-0.2, 0) is 0 Å². The first-order valence-electron chi connectivity index (χ1n) is 7.47. The molecule has 0 aliphatic heterocycles. The first kappa shape index (κ1) is 15.5. The van der Waals surface area contributed by atoms with E-state index in [1.165, 1.54) is 0 Å². The van der Waals surface area contributed by atoms with Crippen molar-refractivity contribution in [2.24, 2.45) is 0 Å². The van der Waals surface area contributed by atoms with Crippen LogP contribution in [0.1, 0.15) is 34.6 Å². The average Bonchev–Trinajstić information content (AvgIpc) is 2.54. The maximum atomic E-state index is 12.7. The van der Waals surface area contributed by atoms with Crippen molar-refractivity contribution in [1.82, 2.24) is 10.3 Å². The van der Waals surface area contributed by atoms with Gasteiger partial charge in [0, 0.05) is 16.1 Å². The number of fused-ring (bicyclic) bond motifs is 1. The summed E-state index contributed by atoms with van der Waals surface area (Å²) in [6, 6.07) is 16.9. The monoisotopic (exact) mass is 324 g/mol. The molecule has 3 nitrogen and oxygen atoms in total. The number of para-hydroxylation sites is 1. The van der Waals surface area contributed by atoms with Crippen LogP contribution in [0.3, 0.4) is 0 Å². The molecule has 23 heavy (non-hydrogen) atoms. The van der Waals surface area contributed by atoms with Gasteiger partial charge in [0.15, 0.2) is 0 Å². The van der Waals surface area contributed by atoms with Crippen LogP contribution in [0.25, 0.3) is 10.9 Å². The predicted molar refractivity (Wildman–Crippen MR) is 93.8 cm³/mol. The van der Waals surface area contributed by atoms with Crippen molar-refractivity contribution in [2.75, 3.05) is 0 Å². The van der Waals surface area contributed by atoms with Gasteiger partial charge in [0.25, 0.3) is 5.91 Å². The number of rotatable bonds is 3. The second-order valence-corrected chi connectivity index (χ2v) is 6.01. The molecule has 1 N–H and O–H groups in total. The number of carbonyl (C=O) groups excluding carboxylic acids is 1. The third-order valence-electron chi connectivity index (χ3n) is 3.81. The lowest BCUT2D eigenvalue weighted by atomic mass is 10.0. The zero-order valence-corrected chi connectivity index (χ0v) is 13.8. The number of hydrogen-bond donors (Lipinski definition) is 1. The third-order valence-corrected chi connectivity index (χ3v) is 4.06. The summed E-state index contributed by atoms with van der Waals surface area (Å²) in [5, 5.41) is 4.58. The molecule has 1 heterocycles. The van der Waals surface area contributed by atoms with Gasteiger partial charge >= 0.3 is 0 Å². The molecule has 1 amide bonds. The Hall–Kier alpha value is -2.39. The van der Waals surface area contributed by atoms with Crippen molar-refractivity contribution in [3.63, 3.8) is 0 Å². The summed E-state index contributed by atoms with van der Waals surface area (Å²) in [4.78, 5) is 17.2. The quantitative estimate of drug-likeness (QED) is 0.759. The van der Waals surface area contributed by atoms with Crippen LogP contribution in [0.2, 0.25) is 5.02 Å². The second kappa shape index (κ2) is 6.39. The smallest absolute Gasteiger partial charge is 0.252 e. The van der Waals surface area contributed by atoms with E-state index in [0.29, 0.717) is 10.6 Å². The molecule has 4 heteroatoms. The normalized spacial score (nSPS) is 12.1. The number of carbonyl (C=O) groups is 1. The standard InChI is InChI=1S/C19H17ClN2O/c1-12-11-17(16-5-3-4-6-18(16)21-12)19(23)22-13(2)14-7-9-15(20)10-8-14/h3-11,13H,1-2H3,(H,22,23). The maximum absolute atomic E-state index is 12.7. The van der Waals surface area contributed by atoms with Crippen molar-refractivity contribution in [3.05, 3.63) is 76.4 Å². The number of aromatic nitrogens is 1. The van der Waals surface area contributed by atoms with Gasteiger partial charge in [-0.3, -0.25) is 9.78 Å². The number of halogens is 1. The van der Waals surface area contributed by atoms with Gasteiger partial charge in [0.2, 0.25) is 0 Å². The van der Waals surface area contributed by atoms with E-state index in [2.05, 4.69) is 10.3 Å². The Bertz CT molecular complexity index is 859. The molecule has 0 spiro atoms. The van der Waals surface area contributed by atoms with Gasteiger partial charge in [-0.05, 0) is 43.7 Å². The van der Waals surface area contributed by atoms with Crippen LogP contribution in [0.5, 0.6) is 0 Å². The molecule has 0 aliphatic carbocycles. The van der Waals surface area contributed by atoms with E-state index in [0.717, 1.165) is 22.2 Å². The molecular formula is C19H17ClN2O. The molecule has 116 valence electrons. The number of nitrogens with one attached hydrogen (secondary N) is 1. The van der Waals surface area contributed by atoms with Gasteiger partial charge in [-0.25, -0.2) is 0 Å². The number of amides is 1. The summed E-state index contributed by atoms with van der Waals surface area (Å²) in [5.74, 6) is -0.103. The lowest BCUT2D eigenvalue weighted by molar-refractivity contribution is 0.0941. The van der Waals surface area contributed by atoms with Crippen LogP contribution >= 0.6 is 11.6 Å². The summed E-state index contributed by atoms with van der Waals surface area (Å²) in [6.07, 6.45) is 0. The highest BCUT2D eigenvalue weighted by molar-refractivity contribution is 6.30. The SMILES string of the molecule is Cc1cc(C(=O)NC(C)c2ccc(Cl)cc2)c2ccccc2n1. The minimum Gasteiger partial charge on any atom is -0.345 e. The zero-order valence-electron chi connectivity index (χ0n) is 13.0. The molecule has 0 saturated carbocycles. The number of aryl methyl sites for hydroxylation is 1. The minimum absolute atomic E-state index is 0.103. The van der Waals surface area contributed by atoms with Crippen molar-refractivity contribution >= 4 is 28.4 Å². The van der Waals surface area contributed by atoms with Crippen LogP contribution < -0.4 is 5.32 Å². The zero-order chi connectivity index (χ0) is 16.4. The Morgan fingerprint density at radius 3 is 2.57 bits per heavy atom. The van der Waals surface area contributed by atoms with Crippen LogP contribution in [0, 0.1) is 6.92 Å². The van der Waals surface area contributed by atoms with Gasteiger partial charge in [-0.1, -0.05) is 41.9 Å². The average molecular weight is 325 g/mol. The molecule has 1 atom stereocenters. The largest absolute Gasteiger partial charge is 0.345 e. The highest BCUT2D eigenvalue weighted by atomic mass is 35.5. The highest BCUT2D eigenvalue weighted by Gasteiger charge is 2.15. The molecule has 2 aromatic carbocycles. The Morgan fingerprint density at radius 2 is 1.83 bits per heavy atom. The number of hydrogen-bond acceptors (Lipinski definition) is 2. The van der Waals surface area contributed by atoms with Crippen LogP contribution in [0.4, 0.5) is 0 Å². The molecule has 0 saturated heterocycles. The first-order chi connectivity index (χ1) is 11.0. The van der Waals surface area contributed by atoms with Crippen molar-refractivity contribution in [3.8, 4) is 0 Å². The van der Waals surface area contributed by atoms with E-state index in [4.69, 9.17) is 11.6 Å². The minimum atomic E-state index is -0.105. The van der Waals surface area contributed by atoms with E-state index in [9.17, 15) is 4.79 Å². The molecule has 0 aliphatic rings. The van der Waals surface area contributed by atoms with Crippen LogP contribution in [-0.4, -0.2) is 10.9 Å². The van der Waals surface area contributed by atoms with E-state index >= 15 is 0 Å². The molecule has 3 rings (SSSR count). The summed E-state index contributed by atoms with van der Waals surface area (Å²) in [6.45, 7) is 3.85. The predicted octanol–water partition coefficient (Wildman–Crippen LogP) is 4.69. The summed E-state index contributed by atoms with van der Waals surface area (Å²) >= 11 is 5.91. The van der Waals surface area contributed by atoms with Gasteiger partial charge in [0.05, 0.1) is 17.1 Å². The first-order valence-corrected chi connectivity index (χ1v) is 7.85. The fraction of sp³-hybridized carbons (Fsp3) is 0.158. The van der Waals surface area contributed by atoms with E-state index in [-0.39, 0.29) is 11.9 Å². The summed E-state index contributed by atoms with van der Waals surface area (Å²) < 4.78 is 0. The highest BCUT2D eigenvalue weighted by Crippen LogP contribution is 2.20. The molecule has 1 aromatic heterocycles. The third kappa shape index (κ3) is 3.35. The number of pyridine rings is 1. The Morgan fingerprint density at radius 1 is 1.13 bits per heavy atom. The second-order valence-electron chi connectivity index (χ2n) is 5.58.